The molecule has 2 aliphatic rings. The summed E-state index contributed by atoms with van der Waals surface area (Å²) in [6, 6.07) is 12.5. The number of Topliss-reactive ketones (excluding diaryl/α,β-unsaturated/α-hetero) is 1. The molecule has 0 saturated heterocycles. The van der Waals surface area contributed by atoms with E-state index < -0.39 is 6.04 Å². The SMILES string of the molecule is CCCC(=O)N1c2ccccc2NC2=C(C(=O)CCC2)[C@@H]1c1ccc(Cl)c(Cl)c1. The molecule has 2 aromatic rings. The number of amides is 1. The van der Waals surface area contributed by atoms with Crippen molar-refractivity contribution in [3.63, 3.8) is 0 Å². The summed E-state index contributed by atoms with van der Waals surface area (Å²) in [6.07, 6.45) is 3.15. The number of hydrogen-bond donors (Lipinski definition) is 1. The molecular weight excluding hydrogens is 407 g/mol. The van der Waals surface area contributed by atoms with Crippen LogP contribution in [-0.4, -0.2) is 11.7 Å². The van der Waals surface area contributed by atoms with E-state index in [1.807, 2.05) is 37.3 Å². The third-order valence-electron chi connectivity index (χ3n) is 5.43. The van der Waals surface area contributed by atoms with Crippen LogP contribution in [0.5, 0.6) is 0 Å². The summed E-state index contributed by atoms with van der Waals surface area (Å²) in [6.45, 7) is 1.98. The van der Waals surface area contributed by atoms with Crippen molar-refractivity contribution in [3.05, 3.63) is 69.3 Å². The molecule has 0 aromatic heterocycles. The van der Waals surface area contributed by atoms with Crippen LogP contribution in [0.15, 0.2) is 53.7 Å². The number of hydrogen-bond acceptors (Lipinski definition) is 3. The highest BCUT2D eigenvalue weighted by Gasteiger charge is 2.39. The molecule has 0 radical (unpaired) electrons. The Morgan fingerprint density at radius 1 is 1.14 bits per heavy atom. The highest BCUT2D eigenvalue weighted by Crippen LogP contribution is 2.45. The number of fused-ring (bicyclic) bond motifs is 1. The zero-order valence-electron chi connectivity index (χ0n) is 16.2. The van der Waals surface area contributed by atoms with Crippen LogP contribution in [0, 0.1) is 0 Å². The molecule has 1 atom stereocenters. The Morgan fingerprint density at radius 2 is 1.93 bits per heavy atom. The van der Waals surface area contributed by atoms with E-state index in [4.69, 9.17) is 23.2 Å². The summed E-state index contributed by atoms with van der Waals surface area (Å²) in [5.41, 5.74) is 3.92. The van der Waals surface area contributed by atoms with Gasteiger partial charge in [-0.25, -0.2) is 0 Å². The lowest BCUT2D eigenvalue weighted by Gasteiger charge is -2.34. The number of ketones is 1. The number of halogens is 2. The molecule has 1 aliphatic carbocycles. The molecule has 2 aromatic carbocycles. The summed E-state index contributed by atoms with van der Waals surface area (Å²) in [5, 5.41) is 4.30. The lowest BCUT2D eigenvalue weighted by Crippen LogP contribution is -2.37. The topological polar surface area (TPSA) is 49.4 Å². The zero-order chi connectivity index (χ0) is 20.5. The van der Waals surface area contributed by atoms with Crippen molar-refractivity contribution < 1.29 is 9.59 Å². The Bertz CT molecular complexity index is 1020. The number of rotatable bonds is 3. The number of nitrogens with zero attached hydrogens (tertiary/aromatic N) is 1. The van der Waals surface area contributed by atoms with Crippen molar-refractivity contribution in [1.82, 2.24) is 0 Å². The average molecular weight is 429 g/mol. The van der Waals surface area contributed by atoms with Gasteiger partial charge in [0.2, 0.25) is 5.91 Å². The summed E-state index contributed by atoms with van der Waals surface area (Å²) >= 11 is 12.5. The first kappa shape index (κ1) is 20.0. The monoisotopic (exact) mass is 428 g/mol. The number of allylic oxidation sites excluding steroid dienone is 1. The van der Waals surface area contributed by atoms with Gasteiger partial charge in [-0.05, 0) is 49.1 Å². The third kappa shape index (κ3) is 3.67. The van der Waals surface area contributed by atoms with Gasteiger partial charge in [0.1, 0.15) is 0 Å². The van der Waals surface area contributed by atoms with Crippen LogP contribution in [0.4, 0.5) is 11.4 Å². The fourth-order valence-corrected chi connectivity index (χ4v) is 4.45. The standard InChI is InChI=1S/C23H22Cl2N2O2/c1-2-6-21(29)27-19-9-4-3-7-17(19)26-18-8-5-10-20(28)22(18)23(27)14-11-12-15(24)16(25)13-14/h3-4,7,9,11-13,23,26H,2,5-6,8,10H2,1H3/t23-/m0/s1. The normalized spacial score (nSPS) is 18.7. The Hall–Kier alpha value is -2.30. The van der Waals surface area contributed by atoms with E-state index in [9.17, 15) is 9.59 Å². The van der Waals surface area contributed by atoms with Crippen LogP contribution >= 0.6 is 23.2 Å². The molecule has 0 spiro atoms. The van der Waals surface area contributed by atoms with Gasteiger partial charge in [0.05, 0.1) is 27.5 Å². The largest absolute Gasteiger partial charge is 0.357 e. The molecule has 0 fully saturated rings. The maximum Gasteiger partial charge on any atom is 0.227 e. The minimum atomic E-state index is -0.539. The smallest absolute Gasteiger partial charge is 0.227 e. The second kappa shape index (κ2) is 8.21. The highest BCUT2D eigenvalue weighted by atomic mass is 35.5. The fourth-order valence-electron chi connectivity index (χ4n) is 4.14. The zero-order valence-corrected chi connectivity index (χ0v) is 17.7. The van der Waals surface area contributed by atoms with Crippen LogP contribution in [0.25, 0.3) is 0 Å². The van der Waals surface area contributed by atoms with Gasteiger partial charge in [0, 0.05) is 24.1 Å². The first-order valence-electron chi connectivity index (χ1n) is 9.90. The Balaban J connectivity index is 1.99. The molecule has 29 heavy (non-hydrogen) atoms. The number of carbonyl (C=O) groups is 2. The van der Waals surface area contributed by atoms with Crippen molar-refractivity contribution in [2.24, 2.45) is 0 Å². The van der Waals surface area contributed by atoms with E-state index in [1.54, 1.807) is 17.0 Å². The molecule has 1 aliphatic heterocycles. The van der Waals surface area contributed by atoms with Gasteiger partial charge in [-0.3, -0.25) is 14.5 Å². The molecular formula is C23H22Cl2N2O2. The predicted molar refractivity (Wildman–Crippen MR) is 118 cm³/mol. The van der Waals surface area contributed by atoms with E-state index in [0.717, 1.165) is 41.9 Å². The van der Waals surface area contributed by atoms with Crippen LogP contribution in [-0.2, 0) is 9.59 Å². The number of nitrogens with one attached hydrogen (secondary N) is 1. The van der Waals surface area contributed by atoms with Gasteiger partial charge in [-0.1, -0.05) is 48.3 Å². The first-order chi connectivity index (χ1) is 14.0. The van der Waals surface area contributed by atoms with Gasteiger partial charge < -0.3 is 5.32 Å². The van der Waals surface area contributed by atoms with Crippen molar-refractivity contribution in [3.8, 4) is 0 Å². The molecule has 0 unspecified atom stereocenters. The van der Waals surface area contributed by atoms with Gasteiger partial charge in [-0.15, -0.1) is 0 Å². The Kier molecular flexibility index (Phi) is 5.66. The van der Waals surface area contributed by atoms with Gasteiger partial charge in [0.15, 0.2) is 5.78 Å². The van der Waals surface area contributed by atoms with Crippen LogP contribution in [0.1, 0.15) is 50.6 Å². The van der Waals surface area contributed by atoms with Crippen molar-refractivity contribution in [1.29, 1.82) is 0 Å². The van der Waals surface area contributed by atoms with E-state index in [0.29, 0.717) is 28.5 Å². The summed E-state index contributed by atoms with van der Waals surface area (Å²) in [4.78, 5) is 28.2. The quantitative estimate of drug-likeness (QED) is 0.623. The lowest BCUT2D eigenvalue weighted by molar-refractivity contribution is -0.119. The maximum absolute atomic E-state index is 13.3. The molecule has 1 heterocycles. The number of carbonyl (C=O) groups excluding carboxylic acids is 2. The van der Waals surface area contributed by atoms with E-state index >= 15 is 0 Å². The summed E-state index contributed by atoms with van der Waals surface area (Å²) in [5.74, 6) is 0.0434. The molecule has 4 rings (SSSR count). The molecule has 0 saturated carbocycles. The molecule has 1 N–H and O–H groups in total. The van der Waals surface area contributed by atoms with Crippen LogP contribution in [0.3, 0.4) is 0 Å². The van der Waals surface area contributed by atoms with E-state index in [2.05, 4.69) is 5.32 Å². The van der Waals surface area contributed by atoms with E-state index in [1.165, 1.54) is 0 Å². The minimum absolute atomic E-state index is 0.0232. The van der Waals surface area contributed by atoms with Crippen LogP contribution in [0.2, 0.25) is 10.0 Å². The number of para-hydroxylation sites is 2. The second-order valence-corrected chi connectivity index (χ2v) is 8.22. The fraction of sp³-hybridized carbons (Fsp3) is 0.304. The highest BCUT2D eigenvalue weighted by molar-refractivity contribution is 6.42. The Morgan fingerprint density at radius 3 is 2.69 bits per heavy atom. The Labute approximate surface area is 180 Å². The van der Waals surface area contributed by atoms with Crippen LogP contribution < -0.4 is 10.2 Å². The van der Waals surface area contributed by atoms with Gasteiger partial charge in [-0.2, -0.15) is 0 Å². The van der Waals surface area contributed by atoms with Crippen molar-refractivity contribution in [2.75, 3.05) is 10.2 Å². The molecule has 0 bridgehead atoms. The lowest BCUT2D eigenvalue weighted by atomic mass is 9.85. The van der Waals surface area contributed by atoms with Crippen molar-refractivity contribution >= 4 is 46.3 Å². The number of anilines is 2. The summed E-state index contributed by atoms with van der Waals surface area (Å²) in [7, 11) is 0. The predicted octanol–water partition coefficient (Wildman–Crippen LogP) is 6.30. The molecule has 150 valence electrons. The summed E-state index contributed by atoms with van der Waals surface area (Å²) < 4.78 is 0. The maximum atomic E-state index is 13.3. The molecule has 1 amide bonds. The van der Waals surface area contributed by atoms with Gasteiger partial charge >= 0.3 is 0 Å². The average Bonchev–Trinajstić information content (AvgIpc) is 2.85. The van der Waals surface area contributed by atoms with Crippen molar-refractivity contribution in [2.45, 2.75) is 45.1 Å². The number of benzene rings is 2. The molecule has 6 heteroatoms. The van der Waals surface area contributed by atoms with Gasteiger partial charge in [0.25, 0.3) is 0 Å². The first-order valence-corrected chi connectivity index (χ1v) is 10.7. The second-order valence-electron chi connectivity index (χ2n) is 7.40. The van der Waals surface area contributed by atoms with E-state index in [-0.39, 0.29) is 11.7 Å². The molecule has 4 nitrogen and oxygen atoms in total. The minimum Gasteiger partial charge on any atom is -0.357 e. The third-order valence-corrected chi connectivity index (χ3v) is 6.17.